The third-order valence-corrected chi connectivity index (χ3v) is 4.56. The van der Waals surface area contributed by atoms with Crippen molar-refractivity contribution in [1.82, 2.24) is 4.90 Å². The number of piperazine rings is 1. The van der Waals surface area contributed by atoms with E-state index in [0.717, 1.165) is 32.6 Å². The Morgan fingerprint density at radius 2 is 1.57 bits per heavy atom. The van der Waals surface area contributed by atoms with E-state index in [4.69, 9.17) is 0 Å². The van der Waals surface area contributed by atoms with E-state index in [-0.39, 0.29) is 5.91 Å². The lowest BCUT2D eigenvalue weighted by molar-refractivity contribution is -0.131. The highest BCUT2D eigenvalue weighted by Gasteiger charge is 2.21. The maximum absolute atomic E-state index is 12.4. The highest BCUT2D eigenvalue weighted by Crippen LogP contribution is 2.21. The van der Waals surface area contributed by atoms with Gasteiger partial charge in [-0.25, -0.2) is 0 Å². The summed E-state index contributed by atoms with van der Waals surface area (Å²) < 4.78 is 0. The van der Waals surface area contributed by atoms with E-state index in [2.05, 4.69) is 48.2 Å². The molecule has 1 saturated heterocycles. The molecule has 23 heavy (non-hydrogen) atoms. The first-order chi connectivity index (χ1) is 11.2. The van der Waals surface area contributed by atoms with Gasteiger partial charge in [0, 0.05) is 38.3 Å². The number of aryl methyl sites for hydroxylation is 2. The molecule has 0 atom stereocenters. The number of anilines is 1. The minimum absolute atomic E-state index is 0.276. The molecule has 0 spiro atoms. The number of para-hydroxylation sites is 1. The largest absolute Gasteiger partial charge is 0.368 e. The maximum Gasteiger partial charge on any atom is 0.223 e. The van der Waals surface area contributed by atoms with E-state index < -0.39 is 0 Å². The van der Waals surface area contributed by atoms with E-state index in [9.17, 15) is 4.79 Å². The van der Waals surface area contributed by atoms with Gasteiger partial charge in [-0.05, 0) is 30.5 Å². The number of hydrogen-bond donors (Lipinski definition) is 0. The smallest absolute Gasteiger partial charge is 0.223 e. The molecule has 3 nitrogen and oxygen atoms in total. The van der Waals surface area contributed by atoms with E-state index >= 15 is 0 Å². The quantitative estimate of drug-likeness (QED) is 0.865. The molecular weight excluding hydrogens is 284 g/mol. The van der Waals surface area contributed by atoms with E-state index in [1.54, 1.807) is 0 Å². The van der Waals surface area contributed by atoms with Gasteiger partial charge >= 0.3 is 0 Å². The van der Waals surface area contributed by atoms with Crippen molar-refractivity contribution in [2.75, 3.05) is 31.1 Å². The van der Waals surface area contributed by atoms with Gasteiger partial charge in [0.05, 0.1) is 0 Å². The van der Waals surface area contributed by atoms with Crippen molar-refractivity contribution >= 4 is 11.6 Å². The van der Waals surface area contributed by atoms with Crippen molar-refractivity contribution < 1.29 is 4.79 Å². The average Bonchev–Trinajstić information content (AvgIpc) is 2.61. The molecule has 0 aromatic heterocycles. The summed E-state index contributed by atoms with van der Waals surface area (Å²) in [6.07, 6.45) is 1.44. The molecule has 120 valence electrons. The molecule has 1 amide bonds. The van der Waals surface area contributed by atoms with Gasteiger partial charge < -0.3 is 9.80 Å². The van der Waals surface area contributed by atoms with Gasteiger partial charge in [-0.3, -0.25) is 4.79 Å². The summed E-state index contributed by atoms with van der Waals surface area (Å²) >= 11 is 0. The van der Waals surface area contributed by atoms with Crippen LogP contribution in [0.3, 0.4) is 0 Å². The fourth-order valence-corrected chi connectivity index (χ4v) is 3.17. The summed E-state index contributed by atoms with van der Waals surface area (Å²) in [6, 6.07) is 18.7. The zero-order valence-electron chi connectivity index (χ0n) is 13.7. The van der Waals surface area contributed by atoms with E-state index in [1.165, 1.54) is 16.8 Å². The lowest BCUT2D eigenvalue weighted by atomic mass is 10.1. The van der Waals surface area contributed by atoms with Crippen LogP contribution in [-0.4, -0.2) is 37.0 Å². The van der Waals surface area contributed by atoms with Crippen LogP contribution < -0.4 is 4.90 Å². The van der Waals surface area contributed by atoms with E-state index in [1.807, 2.05) is 23.1 Å². The number of amides is 1. The molecule has 2 aromatic rings. The molecule has 0 N–H and O–H groups in total. The Morgan fingerprint density at radius 3 is 2.26 bits per heavy atom. The molecule has 1 aliphatic heterocycles. The monoisotopic (exact) mass is 308 g/mol. The molecule has 0 radical (unpaired) electrons. The highest BCUT2D eigenvalue weighted by molar-refractivity contribution is 5.76. The first-order valence-electron chi connectivity index (χ1n) is 8.36. The summed E-state index contributed by atoms with van der Waals surface area (Å²) in [7, 11) is 0. The van der Waals surface area contributed by atoms with Gasteiger partial charge in [-0.15, -0.1) is 0 Å². The lowest BCUT2D eigenvalue weighted by Crippen LogP contribution is -2.49. The number of carbonyl (C=O) groups is 1. The molecule has 1 heterocycles. The topological polar surface area (TPSA) is 23.6 Å². The summed E-state index contributed by atoms with van der Waals surface area (Å²) in [5.74, 6) is 0.276. The Balaban J connectivity index is 1.50. The van der Waals surface area contributed by atoms with Gasteiger partial charge in [0.1, 0.15) is 0 Å². The van der Waals surface area contributed by atoms with Crippen LogP contribution in [0.1, 0.15) is 17.5 Å². The molecule has 0 saturated carbocycles. The van der Waals surface area contributed by atoms with Crippen LogP contribution in [-0.2, 0) is 11.2 Å². The standard InChI is InChI=1S/C20H24N2O/c1-17-7-5-6-10-19(17)21-13-15-22(16-14-21)20(23)12-11-18-8-3-2-4-9-18/h2-10H,11-16H2,1H3. The Labute approximate surface area is 138 Å². The molecular formula is C20H24N2O. The number of hydrogen-bond acceptors (Lipinski definition) is 2. The zero-order chi connectivity index (χ0) is 16.1. The predicted molar refractivity (Wildman–Crippen MR) is 94.7 cm³/mol. The van der Waals surface area contributed by atoms with Crippen LogP contribution in [0.15, 0.2) is 54.6 Å². The first-order valence-corrected chi connectivity index (χ1v) is 8.36. The zero-order valence-corrected chi connectivity index (χ0v) is 13.7. The summed E-state index contributed by atoms with van der Waals surface area (Å²) in [4.78, 5) is 16.8. The van der Waals surface area contributed by atoms with Crippen LogP contribution in [0.25, 0.3) is 0 Å². The van der Waals surface area contributed by atoms with Crippen molar-refractivity contribution in [3.63, 3.8) is 0 Å². The minimum atomic E-state index is 0.276. The van der Waals surface area contributed by atoms with Gasteiger partial charge in [0.15, 0.2) is 0 Å². The van der Waals surface area contributed by atoms with Gasteiger partial charge in [-0.1, -0.05) is 48.5 Å². The van der Waals surface area contributed by atoms with Crippen LogP contribution in [0.2, 0.25) is 0 Å². The van der Waals surface area contributed by atoms with Crippen molar-refractivity contribution in [2.45, 2.75) is 19.8 Å². The second-order valence-electron chi connectivity index (χ2n) is 6.14. The Kier molecular flexibility index (Phi) is 4.96. The number of benzene rings is 2. The normalized spacial score (nSPS) is 14.8. The summed E-state index contributed by atoms with van der Waals surface area (Å²) in [6.45, 7) is 5.63. The van der Waals surface area contributed by atoms with Crippen molar-refractivity contribution in [3.8, 4) is 0 Å². The Morgan fingerprint density at radius 1 is 0.913 bits per heavy atom. The molecule has 1 aliphatic rings. The molecule has 3 heteroatoms. The van der Waals surface area contributed by atoms with Gasteiger partial charge in [0.25, 0.3) is 0 Å². The molecule has 0 aliphatic carbocycles. The Bertz CT molecular complexity index is 646. The molecule has 1 fully saturated rings. The van der Waals surface area contributed by atoms with E-state index in [0.29, 0.717) is 6.42 Å². The van der Waals surface area contributed by atoms with Crippen molar-refractivity contribution in [1.29, 1.82) is 0 Å². The van der Waals surface area contributed by atoms with Crippen LogP contribution in [0.5, 0.6) is 0 Å². The lowest BCUT2D eigenvalue weighted by Gasteiger charge is -2.37. The Hall–Kier alpha value is -2.29. The first kappa shape index (κ1) is 15.6. The number of carbonyl (C=O) groups excluding carboxylic acids is 1. The SMILES string of the molecule is Cc1ccccc1N1CCN(C(=O)CCc2ccccc2)CC1. The third kappa shape index (κ3) is 3.92. The van der Waals surface area contributed by atoms with Gasteiger partial charge in [0.2, 0.25) is 5.91 Å². The molecule has 0 bridgehead atoms. The van der Waals surface area contributed by atoms with Crippen molar-refractivity contribution in [2.24, 2.45) is 0 Å². The summed E-state index contributed by atoms with van der Waals surface area (Å²) in [5.41, 5.74) is 3.83. The molecule has 0 unspecified atom stereocenters. The summed E-state index contributed by atoms with van der Waals surface area (Å²) in [5, 5.41) is 0. The van der Waals surface area contributed by atoms with Crippen LogP contribution >= 0.6 is 0 Å². The average molecular weight is 308 g/mol. The molecule has 3 rings (SSSR count). The fraction of sp³-hybridized carbons (Fsp3) is 0.350. The van der Waals surface area contributed by atoms with Crippen LogP contribution in [0.4, 0.5) is 5.69 Å². The van der Waals surface area contributed by atoms with Crippen molar-refractivity contribution in [3.05, 3.63) is 65.7 Å². The predicted octanol–water partition coefficient (Wildman–Crippen LogP) is 3.28. The second-order valence-corrected chi connectivity index (χ2v) is 6.14. The minimum Gasteiger partial charge on any atom is -0.368 e. The third-order valence-electron chi connectivity index (χ3n) is 4.56. The molecule has 2 aromatic carbocycles. The van der Waals surface area contributed by atoms with Gasteiger partial charge in [-0.2, -0.15) is 0 Å². The maximum atomic E-state index is 12.4. The number of rotatable bonds is 4. The van der Waals surface area contributed by atoms with Crippen LogP contribution in [0, 0.1) is 6.92 Å². The highest BCUT2D eigenvalue weighted by atomic mass is 16.2. The fourth-order valence-electron chi connectivity index (χ4n) is 3.17. The number of nitrogens with zero attached hydrogens (tertiary/aromatic N) is 2. The second kappa shape index (κ2) is 7.32.